The van der Waals surface area contributed by atoms with Crippen LogP contribution in [0.5, 0.6) is 0 Å². The molecule has 2 aliphatic rings. The summed E-state index contributed by atoms with van der Waals surface area (Å²) in [6.07, 6.45) is 4.60. The zero-order valence-corrected chi connectivity index (χ0v) is 10.8. The number of hydrogen-bond donors (Lipinski definition) is 2. The highest BCUT2D eigenvalue weighted by molar-refractivity contribution is 5.95. The molecule has 3 atom stereocenters. The van der Waals surface area contributed by atoms with Crippen LogP contribution in [-0.4, -0.2) is 11.8 Å². The highest BCUT2D eigenvalue weighted by atomic mass is 16.2. The van der Waals surface area contributed by atoms with Crippen LogP contribution in [0.4, 0.5) is 0 Å². The summed E-state index contributed by atoms with van der Waals surface area (Å²) in [4.78, 5) is 23.8. The molecule has 2 saturated carbocycles. The quantitative estimate of drug-likeness (QED) is 0.796. The van der Waals surface area contributed by atoms with Gasteiger partial charge in [0.15, 0.2) is 0 Å². The zero-order valence-electron chi connectivity index (χ0n) is 10.8. The van der Waals surface area contributed by atoms with Crippen LogP contribution in [0, 0.1) is 17.8 Å². The highest BCUT2D eigenvalue weighted by Crippen LogP contribution is 2.48. The summed E-state index contributed by atoms with van der Waals surface area (Å²) < 4.78 is 0. The molecule has 2 aliphatic carbocycles. The number of benzene rings is 1. The van der Waals surface area contributed by atoms with Crippen molar-refractivity contribution in [3.63, 3.8) is 0 Å². The number of carbonyl (C=O) groups is 2. The first-order valence-corrected chi connectivity index (χ1v) is 6.89. The monoisotopic (exact) mass is 258 g/mol. The predicted octanol–water partition coefficient (Wildman–Crippen LogP) is 1.88. The van der Waals surface area contributed by atoms with Crippen LogP contribution in [0.3, 0.4) is 0 Å². The van der Waals surface area contributed by atoms with Gasteiger partial charge in [0.1, 0.15) is 0 Å². The third-order valence-corrected chi connectivity index (χ3v) is 4.41. The van der Waals surface area contributed by atoms with Crippen molar-refractivity contribution in [2.45, 2.75) is 25.7 Å². The van der Waals surface area contributed by atoms with E-state index in [1.807, 2.05) is 6.07 Å². The fraction of sp³-hybridized carbons (Fsp3) is 0.467. The Kier molecular flexibility index (Phi) is 3.23. The second-order valence-electron chi connectivity index (χ2n) is 5.59. The van der Waals surface area contributed by atoms with E-state index < -0.39 is 0 Å². The molecule has 4 nitrogen and oxygen atoms in total. The maximum atomic E-state index is 12.0. The lowest BCUT2D eigenvalue weighted by Gasteiger charge is -2.20. The minimum absolute atomic E-state index is 0.0310. The minimum atomic E-state index is -0.267. The first-order chi connectivity index (χ1) is 9.24. The van der Waals surface area contributed by atoms with Gasteiger partial charge in [-0.1, -0.05) is 24.6 Å². The van der Waals surface area contributed by atoms with Gasteiger partial charge in [-0.25, -0.2) is 0 Å². The van der Waals surface area contributed by atoms with E-state index in [4.69, 9.17) is 0 Å². The lowest BCUT2D eigenvalue weighted by atomic mass is 9.88. The number of carbonyl (C=O) groups excluding carboxylic acids is 2. The second-order valence-corrected chi connectivity index (χ2v) is 5.59. The molecular formula is C15H18N2O2. The zero-order chi connectivity index (χ0) is 13.2. The van der Waals surface area contributed by atoms with Gasteiger partial charge in [0, 0.05) is 11.5 Å². The summed E-state index contributed by atoms with van der Waals surface area (Å²) >= 11 is 0. The number of fused-ring (bicyclic) bond motifs is 2. The summed E-state index contributed by atoms with van der Waals surface area (Å²) in [6.45, 7) is 0. The van der Waals surface area contributed by atoms with E-state index in [0.29, 0.717) is 11.5 Å². The summed E-state index contributed by atoms with van der Waals surface area (Å²) in [7, 11) is 0. The van der Waals surface area contributed by atoms with Crippen LogP contribution >= 0.6 is 0 Å². The summed E-state index contributed by atoms with van der Waals surface area (Å²) in [6, 6.07) is 8.89. The van der Waals surface area contributed by atoms with Gasteiger partial charge in [-0.15, -0.1) is 0 Å². The topological polar surface area (TPSA) is 58.2 Å². The van der Waals surface area contributed by atoms with Gasteiger partial charge in [0.25, 0.3) is 5.91 Å². The third kappa shape index (κ3) is 2.48. The molecule has 0 heterocycles. The van der Waals surface area contributed by atoms with Crippen molar-refractivity contribution in [2.24, 2.45) is 17.8 Å². The largest absolute Gasteiger partial charge is 0.273 e. The molecule has 2 N–H and O–H groups in total. The van der Waals surface area contributed by atoms with Crippen LogP contribution in [0.2, 0.25) is 0 Å². The Labute approximate surface area is 112 Å². The van der Waals surface area contributed by atoms with Crippen LogP contribution < -0.4 is 10.9 Å². The number of rotatable bonds is 2. The van der Waals surface area contributed by atoms with Crippen molar-refractivity contribution in [1.29, 1.82) is 0 Å². The van der Waals surface area contributed by atoms with E-state index in [1.54, 1.807) is 24.3 Å². The highest BCUT2D eigenvalue weighted by Gasteiger charge is 2.43. The fourth-order valence-electron chi connectivity index (χ4n) is 3.44. The number of hydrogen-bond acceptors (Lipinski definition) is 2. The minimum Gasteiger partial charge on any atom is -0.273 e. The van der Waals surface area contributed by atoms with Crippen molar-refractivity contribution in [2.75, 3.05) is 0 Å². The van der Waals surface area contributed by atoms with Crippen LogP contribution in [-0.2, 0) is 4.79 Å². The molecule has 1 aromatic carbocycles. The van der Waals surface area contributed by atoms with Crippen molar-refractivity contribution in [3.05, 3.63) is 35.9 Å². The van der Waals surface area contributed by atoms with E-state index in [9.17, 15) is 9.59 Å². The Morgan fingerprint density at radius 2 is 1.79 bits per heavy atom. The normalized spacial score (nSPS) is 28.1. The molecule has 0 aliphatic heterocycles. The number of hydrazine groups is 1. The molecule has 3 rings (SSSR count). The Hall–Kier alpha value is -1.84. The first kappa shape index (κ1) is 12.2. The Morgan fingerprint density at radius 1 is 1.00 bits per heavy atom. The van der Waals surface area contributed by atoms with E-state index in [2.05, 4.69) is 10.9 Å². The average Bonchev–Trinajstić information content (AvgIpc) is 3.08. The standard InChI is InChI=1S/C15H18N2O2/c18-14(11-4-2-1-3-5-11)16-17-15(19)13-9-10-6-7-12(13)8-10/h1-5,10,12-13H,6-9H2,(H,16,18)(H,17,19)/t10-,12-,13+/m1/s1. The SMILES string of the molecule is O=C(NNC(=O)[C@H]1C[C@@H]2CC[C@@H]1C2)c1ccccc1. The van der Waals surface area contributed by atoms with E-state index in [1.165, 1.54) is 12.8 Å². The maximum Gasteiger partial charge on any atom is 0.269 e. The molecule has 0 radical (unpaired) electrons. The molecule has 0 unspecified atom stereocenters. The van der Waals surface area contributed by atoms with Gasteiger partial charge in [-0.2, -0.15) is 0 Å². The molecule has 0 aromatic heterocycles. The Balaban J connectivity index is 1.52. The average molecular weight is 258 g/mol. The number of amides is 2. The molecule has 19 heavy (non-hydrogen) atoms. The summed E-state index contributed by atoms with van der Waals surface area (Å²) in [5, 5.41) is 0. The summed E-state index contributed by atoms with van der Waals surface area (Å²) in [5.41, 5.74) is 5.62. The molecule has 2 fully saturated rings. The number of nitrogens with one attached hydrogen (secondary N) is 2. The lowest BCUT2D eigenvalue weighted by molar-refractivity contribution is -0.127. The van der Waals surface area contributed by atoms with Gasteiger partial charge in [-0.05, 0) is 43.2 Å². The van der Waals surface area contributed by atoms with E-state index in [0.717, 1.165) is 18.8 Å². The van der Waals surface area contributed by atoms with Crippen molar-refractivity contribution in [1.82, 2.24) is 10.9 Å². The molecule has 4 heteroatoms. The lowest BCUT2D eigenvalue weighted by Crippen LogP contribution is -2.45. The molecule has 100 valence electrons. The fourth-order valence-corrected chi connectivity index (χ4v) is 3.44. The maximum absolute atomic E-state index is 12.0. The van der Waals surface area contributed by atoms with E-state index >= 15 is 0 Å². The summed E-state index contributed by atoms with van der Waals surface area (Å²) in [5.74, 6) is 1.05. The third-order valence-electron chi connectivity index (χ3n) is 4.41. The van der Waals surface area contributed by atoms with Crippen molar-refractivity contribution >= 4 is 11.8 Å². The molecule has 1 aromatic rings. The van der Waals surface area contributed by atoms with Crippen LogP contribution in [0.15, 0.2) is 30.3 Å². The molecule has 2 bridgehead atoms. The van der Waals surface area contributed by atoms with Crippen LogP contribution in [0.1, 0.15) is 36.0 Å². The van der Waals surface area contributed by atoms with Gasteiger partial charge in [0.2, 0.25) is 5.91 Å². The Morgan fingerprint density at radius 3 is 2.42 bits per heavy atom. The van der Waals surface area contributed by atoms with Crippen LogP contribution in [0.25, 0.3) is 0 Å². The van der Waals surface area contributed by atoms with Gasteiger partial charge in [0.05, 0.1) is 0 Å². The molecule has 0 spiro atoms. The van der Waals surface area contributed by atoms with Gasteiger partial charge < -0.3 is 0 Å². The smallest absolute Gasteiger partial charge is 0.269 e. The van der Waals surface area contributed by atoms with E-state index in [-0.39, 0.29) is 17.7 Å². The molecule has 0 saturated heterocycles. The second kappa shape index (κ2) is 5.03. The molecule has 2 amide bonds. The van der Waals surface area contributed by atoms with Gasteiger partial charge >= 0.3 is 0 Å². The first-order valence-electron chi connectivity index (χ1n) is 6.89. The molecular weight excluding hydrogens is 240 g/mol. The predicted molar refractivity (Wildman–Crippen MR) is 71.0 cm³/mol. The Bertz CT molecular complexity index is 486. The van der Waals surface area contributed by atoms with Gasteiger partial charge in [-0.3, -0.25) is 20.4 Å². The van der Waals surface area contributed by atoms with Crippen molar-refractivity contribution in [3.8, 4) is 0 Å². The van der Waals surface area contributed by atoms with Crippen molar-refractivity contribution < 1.29 is 9.59 Å².